The highest BCUT2D eigenvalue weighted by Gasteiger charge is 2.09. The van der Waals surface area contributed by atoms with Crippen molar-refractivity contribution in [1.29, 1.82) is 0 Å². The first kappa shape index (κ1) is 10.8. The van der Waals surface area contributed by atoms with Gasteiger partial charge in [0.05, 0.1) is 5.02 Å². The molecule has 14 heavy (non-hydrogen) atoms. The smallest absolute Gasteiger partial charge is 0.137 e. The Morgan fingerprint density at radius 3 is 2.79 bits per heavy atom. The first-order valence-electron chi connectivity index (χ1n) is 3.61. The zero-order valence-electron chi connectivity index (χ0n) is 6.67. The Morgan fingerprint density at radius 2 is 2.14 bits per heavy atom. The normalized spacial score (nSPS) is 10.5. The molecule has 72 valence electrons. The first-order valence-corrected chi connectivity index (χ1v) is 6.68. The first-order chi connectivity index (χ1) is 6.66. The molecule has 1 aromatic carbocycles. The van der Waals surface area contributed by atoms with Gasteiger partial charge in [-0.2, -0.15) is 0 Å². The fourth-order valence-electron chi connectivity index (χ4n) is 0.976. The van der Waals surface area contributed by atoms with Gasteiger partial charge in [0, 0.05) is 10.0 Å². The maximum absolute atomic E-state index is 6.06. The number of hydrogen-bond acceptors (Lipinski definition) is 3. The standard InChI is InChI=1S/C8H3BrClIN2S/c9-4-1-2-6(10)5(3-4)7-12-13-8(11)14-7/h1-3H. The topological polar surface area (TPSA) is 25.8 Å². The monoisotopic (exact) mass is 400 g/mol. The predicted octanol–water partition coefficient (Wildman–Crippen LogP) is 4.23. The van der Waals surface area contributed by atoms with E-state index < -0.39 is 0 Å². The van der Waals surface area contributed by atoms with Crippen LogP contribution < -0.4 is 0 Å². The molecule has 2 rings (SSSR count). The van der Waals surface area contributed by atoms with E-state index in [1.807, 2.05) is 18.2 Å². The van der Waals surface area contributed by atoms with Crippen LogP contribution in [0.2, 0.25) is 5.02 Å². The minimum absolute atomic E-state index is 0.695. The van der Waals surface area contributed by atoms with Gasteiger partial charge in [-0.1, -0.05) is 38.9 Å². The number of nitrogens with zero attached hydrogens (tertiary/aromatic N) is 2. The molecule has 0 aliphatic heterocycles. The van der Waals surface area contributed by atoms with Crippen molar-refractivity contribution in [2.45, 2.75) is 0 Å². The molecule has 0 radical (unpaired) electrons. The van der Waals surface area contributed by atoms with Crippen molar-refractivity contribution in [3.8, 4) is 10.6 Å². The summed E-state index contributed by atoms with van der Waals surface area (Å²) in [6, 6.07) is 5.69. The van der Waals surface area contributed by atoms with Crippen LogP contribution in [0.25, 0.3) is 10.6 Å². The number of aromatic nitrogens is 2. The van der Waals surface area contributed by atoms with Crippen LogP contribution in [0.15, 0.2) is 22.7 Å². The fraction of sp³-hybridized carbons (Fsp3) is 0. The Bertz CT molecular complexity index is 474. The second-order valence-electron chi connectivity index (χ2n) is 2.48. The summed E-state index contributed by atoms with van der Waals surface area (Å²) in [6.45, 7) is 0. The van der Waals surface area contributed by atoms with E-state index in [1.165, 1.54) is 11.3 Å². The molecule has 0 aliphatic rings. The zero-order chi connectivity index (χ0) is 10.1. The Hall–Kier alpha value is 0.280. The van der Waals surface area contributed by atoms with Crippen molar-refractivity contribution < 1.29 is 0 Å². The minimum Gasteiger partial charge on any atom is -0.137 e. The summed E-state index contributed by atoms with van der Waals surface area (Å²) < 4.78 is 1.90. The van der Waals surface area contributed by atoms with Gasteiger partial charge in [-0.15, -0.1) is 10.2 Å². The minimum atomic E-state index is 0.695. The maximum Gasteiger partial charge on any atom is 0.178 e. The molecule has 2 aromatic rings. The molecular formula is C8H3BrClIN2S. The molecule has 0 saturated heterocycles. The molecule has 2 nitrogen and oxygen atoms in total. The summed E-state index contributed by atoms with van der Waals surface area (Å²) in [7, 11) is 0. The summed E-state index contributed by atoms with van der Waals surface area (Å²) in [4.78, 5) is 0. The van der Waals surface area contributed by atoms with Gasteiger partial charge < -0.3 is 0 Å². The molecule has 0 amide bonds. The summed E-state index contributed by atoms with van der Waals surface area (Å²) in [5, 5.41) is 9.53. The van der Waals surface area contributed by atoms with Crippen molar-refractivity contribution in [2.24, 2.45) is 0 Å². The number of benzene rings is 1. The summed E-state index contributed by atoms with van der Waals surface area (Å²) in [5.41, 5.74) is 0.918. The number of halogens is 3. The lowest BCUT2D eigenvalue weighted by molar-refractivity contribution is 1.07. The van der Waals surface area contributed by atoms with Crippen LogP contribution in [0.3, 0.4) is 0 Å². The van der Waals surface area contributed by atoms with E-state index in [9.17, 15) is 0 Å². The van der Waals surface area contributed by atoms with E-state index in [-0.39, 0.29) is 0 Å². The Labute approximate surface area is 112 Å². The lowest BCUT2D eigenvalue weighted by atomic mass is 10.2. The van der Waals surface area contributed by atoms with Gasteiger partial charge >= 0.3 is 0 Å². The third-order valence-corrected chi connectivity index (χ3v) is 4.00. The van der Waals surface area contributed by atoms with Crippen LogP contribution in [0.5, 0.6) is 0 Å². The van der Waals surface area contributed by atoms with Gasteiger partial charge in [-0.25, -0.2) is 0 Å². The molecule has 6 heteroatoms. The van der Waals surface area contributed by atoms with Crippen LogP contribution in [-0.2, 0) is 0 Å². The number of hydrogen-bond donors (Lipinski definition) is 0. The third kappa shape index (κ3) is 2.26. The SMILES string of the molecule is Clc1ccc(Br)cc1-c1nnc(I)s1. The highest BCUT2D eigenvalue weighted by molar-refractivity contribution is 14.1. The second-order valence-corrected chi connectivity index (χ2v) is 6.54. The van der Waals surface area contributed by atoms with Gasteiger partial charge in [0.1, 0.15) is 5.01 Å². The quantitative estimate of drug-likeness (QED) is 0.669. The molecule has 1 aromatic heterocycles. The highest BCUT2D eigenvalue weighted by atomic mass is 127. The van der Waals surface area contributed by atoms with Crippen LogP contribution >= 0.6 is 61.5 Å². The van der Waals surface area contributed by atoms with Crippen LogP contribution in [0, 0.1) is 3.01 Å². The average Bonchev–Trinajstić information content (AvgIpc) is 2.56. The van der Waals surface area contributed by atoms with E-state index in [1.54, 1.807) is 0 Å². The molecule has 0 bridgehead atoms. The van der Waals surface area contributed by atoms with E-state index >= 15 is 0 Å². The second kappa shape index (κ2) is 4.42. The molecule has 0 aliphatic carbocycles. The average molecular weight is 401 g/mol. The summed E-state index contributed by atoms with van der Waals surface area (Å²) in [5.74, 6) is 0. The summed E-state index contributed by atoms with van der Waals surface area (Å²) >= 11 is 13.1. The Balaban J connectivity index is 2.55. The van der Waals surface area contributed by atoms with E-state index in [4.69, 9.17) is 11.6 Å². The Morgan fingerprint density at radius 1 is 1.36 bits per heavy atom. The van der Waals surface area contributed by atoms with Crippen LogP contribution in [0.4, 0.5) is 0 Å². The molecule has 0 unspecified atom stereocenters. The van der Waals surface area contributed by atoms with Crippen LogP contribution in [-0.4, -0.2) is 10.2 Å². The van der Waals surface area contributed by atoms with Crippen molar-refractivity contribution in [3.63, 3.8) is 0 Å². The molecule has 0 atom stereocenters. The van der Waals surface area contributed by atoms with Gasteiger partial charge in [0.15, 0.2) is 3.01 Å². The van der Waals surface area contributed by atoms with Crippen LogP contribution in [0.1, 0.15) is 0 Å². The largest absolute Gasteiger partial charge is 0.178 e. The number of rotatable bonds is 1. The Kier molecular flexibility index (Phi) is 3.41. The lowest BCUT2D eigenvalue weighted by Crippen LogP contribution is -1.79. The third-order valence-electron chi connectivity index (χ3n) is 1.56. The molecule has 0 fully saturated rings. The molecule has 0 N–H and O–H groups in total. The van der Waals surface area contributed by atoms with Gasteiger partial charge in [0.25, 0.3) is 0 Å². The zero-order valence-corrected chi connectivity index (χ0v) is 12.0. The molecule has 1 heterocycles. The summed E-state index contributed by atoms with van der Waals surface area (Å²) in [6.07, 6.45) is 0. The maximum atomic E-state index is 6.06. The van der Waals surface area contributed by atoms with E-state index in [0.29, 0.717) is 5.02 Å². The highest BCUT2D eigenvalue weighted by Crippen LogP contribution is 2.32. The predicted molar refractivity (Wildman–Crippen MR) is 70.8 cm³/mol. The molecule has 0 spiro atoms. The van der Waals surface area contributed by atoms with E-state index in [2.05, 4.69) is 48.7 Å². The van der Waals surface area contributed by atoms with Gasteiger partial charge in [0.2, 0.25) is 0 Å². The van der Waals surface area contributed by atoms with Crippen molar-refractivity contribution in [2.75, 3.05) is 0 Å². The van der Waals surface area contributed by atoms with E-state index in [0.717, 1.165) is 18.1 Å². The van der Waals surface area contributed by atoms with Crippen molar-refractivity contribution in [1.82, 2.24) is 10.2 Å². The van der Waals surface area contributed by atoms with Crippen molar-refractivity contribution >= 4 is 61.5 Å². The fourth-order valence-corrected chi connectivity index (χ4v) is 2.94. The van der Waals surface area contributed by atoms with Crippen molar-refractivity contribution in [3.05, 3.63) is 30.7 Å². The molecular weight excluding hydrogens is 398 g/mol. The van der Waals surface area contributed by atoms with Gasteiger partial charge in [-0.3, -0.25) is 0 Å². The molecule has 0 saturated carbocycles. The lowest BCUT2D eigenvalue weighted by Gasteiger charge is -1.99. The van der Waals surface area contributed by atoms with Gasteiger partial charge in [-0.05, 0) is 40.8 Å².